The molecule has 0 aliphatic rings. The lowest BCUT2D eigenvalue weighted by Crippen LogP contribution is -2.20. The zero-order valence-corrected chi connectivity index (χ0v) is 6.86. The van der Waals surface area contributed by atoms with E-state index in [-0.39, 0.29) is 6.61 Å². The minimum absolute atomic E-state index is 0.172. The Morgan fingerprint density at radius 3 is 2.91 bits per heavy atom. The highest BCUT2D eigenvalue weighted by molar-refractivity contribution is 5.40. The van der Waals surface area contributed by atoms with E-state index < -0.39 is 0 Å². The molecule has 0 amide bonds. The Morgan fingerprint density at radius 2 is 2.45 bits per heavy atom. The SMILES string of the molecule is CN(CCO)c1cnn(C)c1. The maximum atomic E-state index is 8.64. The van der Waals surface area contributed by atoms with Crippen LogP contribution in [0, 0.1) is 0 Å². The van der Waals surface area contributed by atoms with E-state index in [2.05, 4.69) is 5.10 Å². The number of nitrogens with zero attached hydrogens (tertiary/aromatic N) is 3. The quantitative estimate of drug-likeness (QED) is 0.660. The molecule has 0 saturated heterocycles. The van der Waals surface area contributed by atoms with E-state index in [9.17, 15) is 0 Å². The van der Waals surface area contributed by atoms with E-state index in [1.807, 2.05) is 25.2 Å². The van der Waals surface area contributed by atoms with Gasteiger partial charge >= 0.3 is 0 Å². The first-order chi connectivity index (χ1) is 5.24. The summed E-state index contributed by atoms with van der Waals surface area (Å²) in [5.74, 6) is 0. The van der Waals surface area contributed by atoms with Crippen LogP contribution in [-0.4, -0.2) is 35.1 Å². The third-order valence-electron chi connectivity index (χ3n) is 1.57. The van der Waals surface area contributed by atoms with E-state index in [0.717, 1.165) is 5.69 Å². The number of aromatic nitrogens is 2. The lowest BCUT2D eigenvalue weighted by molar-refractivity contribution is 0.304. The van der Waals surface area contributed by atoms with E-state index in [1.165, 1.54) is 0 Å². The summed E-state index contributed by atoms with van der Waals surface area (Å²) in [6, 6.07) is 0. The molecule has 1 heterocycles. The van der Waals surface area contributed by atoms with Crippen molar-refractivity contribution < 1.29 is 5.11 Å². The molecular weight excluding hydrogens is 142 g/mol. The van der Waals surface area contributed by atoms with Crippen LogP contribution >= 0.6 is 0 Å². The molecule has 0 radical (unpaired) electrons. The second-order valence-corrected chi connectivity index (χ2v) is 2.52. The Balaban J connectivity index is 2.60. The van der Waals surface area contributed by atoms with E-state index in [0.29, 0.717) is 6.54 Å². The van der Waals surface area contributed by atoms with Gasteiger partial charge in [0.15, 0.2) is 0 Å². The van der Waals surface area contributed by atoms with Crippen LogP contribution in [-0.2, 0) is 7.05 Å². The topological polar surface area (TPSA) is 41.3 Å². The molecule has 62 valence electrons. The highest BCUT2D eigenvalue weighted by Crippen LogP contribution is 2.08. The van der Waals surface area contributed by atoms with Gasteiger partial charge in [-0.1, -0.05) is 0 Å². The molecule has 11 heavy (non-hydrogen) atoms. The van der Waals surface area contributed by atoms with E-state index in [4.69, 9.17) is 5.11 Å². The van der Waals surface area contributed by atoms with Gasteiger partial charge in [-0.3, -0.25) is 4.68 Å². The minimum Gasteiger partial charge on any atom is -0.395 e. The fourth-order valence-electron chi connectivity index (χ4n) is 0.885. The van der Waals surface area contributed by atoms with E-state index in [1.54, 1.807) is 10.9 Å². The Kier molecular flexibility index (Phi) is 2.48. The first-order valence-corrected chi connectivity index (χ1v) is 3.54. The third kappa shape index (κ3) is 1.94. The smallest absolute Gasteiger partial charge is 0.0750 e. The van der Waals surface area contributed by atoms with Crippen molar-refractivity contribution in [3.05, 3.63) is 12.4 Å². The summed E-state index contributed by atoms with van der Waals surface area (Å²) in [6.45, 7) is 0.817. The molecule has 0 aromatic carbocycles. The first kappa shape index (κ1) is 8.07. The molecule has 4 nitrogen and oxygen atoms in total. The van der Waals surface area contributed by atoms with Gasteiger partial charge < -0.3 is 10.0 Å². The number of likely N-dealkylation sites (N-methyl/N-ethyl adjacent to an activating group) is 1. The molecule has 0 aliphatic heterocycles. The Bertz CT molecular complexity index is 221. The first-order valence-electron chi connectivity index (χ1n) is 3.54. The molecule has 0 saturated carbocycles. The normalized spacial score (nSPS) is 10.1. The van der Waals surface area contributed by atoms with Crippen LogP contribution in [0.3, 0.4) is 0 Å². The molecule has 1 aromatic heterocycles. The summed E-state index contributed by atoms with van der Waals surface area (Å²) in [7, 11) is 3.80. The molecule has 0 bridgehead atoms. The van der Waals surface area contributed by atoms with Gasteiger partial charge in [0.2, 0.25) is 0 Å². The largest absolute Gasteiger partial charge is 0.395 e. The van der Waals surface area contributed by atoms with Gasteiger partial charge in [0.25, 0.3) is 0 Å². The molecular formula is C7H13N3O. The van der Waals surface area contributed by atoms with Crippen LogP contribution in [0.25, 0.3) is 0 Å². The number of aryl methyl sites for hydroxylation is 1. The van der Waals surface area contributed by atoms with Gasteiger partial charge in [-0.05, 0) is 0 Å². The van der Waals surface area contributed by atoms with Crippen LogP contribution < -0.4 is 4.90 Å². The van der Waals surface area contributed by atoms with Crippen molar-refractivity contribution in [2.24, 2.45) is 7.05 Å². The van der Waals surface area contributed by atoms with Crippen molar-refractivity contribution in [2.45, 2.75) is 0 Å². The molecule has 1 rings (SSSR count). The second-order valence-electron chi connectivity index (χ2n) is 2.52. The lowest BCUT2D eigenvalue weighted by atomic mass is 10.5. The number of rotatable bonds is 3. The Labute approximate surface area is 66.1 Å². The summed E-state index contributed by atoms with van der Waals surface area (Å²) < 4.78 is 1.74. The van der Waals surface area contributed by atoms with Gasteiger partial charge in [-0.2, -0.15) is 5.10 Å². The Morgan fingerprint density at radius 1 is 1.73 bits per heavy atom. The average Bonchev–Trinajstić information content (AvgIpc) is 2.36. The summed E-state index contributed by atoms with van der Waals surface area (Å²) in [4.78, 5) is 1.95. The second kappa shape index (κ2) is 3.39. The van der Waals surface area contributed by atoms with Crippen LogP contribution in [0.5, 0.6) is 0 Å². The molecule has 1 aromatic rings. The van der Waals surface area contributed by atoms with Crippen LogP contribution in [0.4, 0.5) is 5.69 Å². The molecule has 1 N–H and O–H groups in total. The summed E-state index contributed by atoms with van der Waals surface area (Å²) in [5.41, 5.74) is 1.03. The molecule has 0 aliphatic carbocycles. The fourth-order valence-corrected chi connectivity index (χ4v) is 0.885. The van der Waals surface area contributed by atoms with Crippen molar-refractivity contribution in [1.82, 2.24) is 9.78 Å². The van der Waals surface area contributed by atoms with E-state index >= 15 is 0 Å². The maximum absolute atomic E-state index is 8.64. The van der Waals surface area contributed by atoms with Gasteiger partial charge in [0, 0.05) is 26.8 Å². The predicted molar refractivity (Wildman–Crippen MR) is 43.6 cm³/mol. The van der Waals surface area contributed by atoms with Crippen molar-refractivity contribution in [3.63, 3.8) is 0 Å². The number of hydrogen-bond donors (Lipinski definition) is 1. The number of aliphatic hydroxyl groups excluding tert-OH is 1. The summed E-state index contributed by atoms with van der Waals surface area (Å²) in [6.07, 6.45) is 3.69. The van der Waals surface area contributed by atoms with Crippen LogP contribution in [0.1, 0.15) is 0 Å². The number of anilines is 1. The zero-order chi connectivity index (χ0) is 8.27. The third-order valence-corrected chi connectivity index (χ3v) is 1.57. The monoisotopic (exact) mass is 155 g/mol. The molecule has 0 spiro atoms. The van der Waals surface area contributed by atoms with Crippen LogP contribution in [0.15, 0.2) is 12.4 Å². The fraction of sp³-hybridized carbons (Fsp3) is 0.571. The maximum Gasteiger partial charge on any atom is 0.0750 e. The highest BCUT2D eigenvalue weighted by atomic mass is 16.3. The predicted octanol–water partition coefficient (Wildman–Crippen LogP) is -0.151. The average molecular weight is 155 g/mol. The van der Waals surface area contributed by atoms with Crippen molar-refractivity contribution in [1.29, 1.82) is 0 Å². The van der Waals surface area contributed by atoms with Gasteiger partial charge in [0.05, 0.1) is 18.5 Å². The molecule has 0 fully saturated rings. The highest BCUT2D eigenvalue weighted by Gasteiger charge is 2.00. The van der Waals surface area contributed by atoms with Gasteiger partial charge in [-0.25, -0.2) is 0 Å². The van der Waals surface area contributed by atoms with Gasteiger partial charge in [-0.15, -0.1) is 0 Å². The molecule has 0 atom stereocenters. The summed E-state index contributed by atoms with van der Waals surface area (Å²) in [5, 5.41) is 12.6. The van der Waals surface area contributed by atoms with Crippen molar-refractivity contribution in [3.8, 4) is 0 Å². The standard InChI is InChI=1S/C7H13N3O/c1-9(3-4-11)7-5-8-10(2)6-7/h5-6,11H,3-4H2,1-2H3. The van der Waals surface area contributed by atoms with Crippen molar-refractivity contribution >= 4 is 5.69 Å². The zero-order valence-electron chi connectivity index (χ0n) is 6.86. The minimum atomic E-state index is 0.172. The van der Waals surface area contributed by atoms with Crippen molar-refractivity contribution in [2.75, 3.05) is 25.1 Å². The summed E-state index contributed by atoms with van der Waals surface area (Å²) >= 11 is 0. The lowest BCUT2D eigenvalue weighted by Gasteiger charge is -2.14. The molecule has 4 heteroatoms. The number of aliphatic hydroxyl groups is 1. The van der Waals surface area contributed by atoms with Gasteiger partial charge in [0.1, 0.15) is 0 Å². The molecule has 0 unspecified atom stereocenters. The van der Waals surface area contributed by atoms with Crippen LogP contribution in [0.2, 0.25) is 0 Å². The Hall–Kier alpha value is -1.03. The number of hydrogen-bond acceptors (Lipinski definition) is 3.